The molecule has 1 aromatic rings. The minimum Gasteiger partial charge on any atom is -0.324 e. The lowest BCUT2D eigenvalue weighted by Crippen LogP contribution is -2.20. The second-order valence-corrected chi connectivity index (χ2v) is 4.04. The van der Waals surface area contributed by atoms with Gasteiger partial charge in [0.25, 0.3) is 0 Å². The van der Waals surface area contributed by atoms with Gasteiger partial charge in [-0.1, -0.05) is 26.3 Å². The number of pyridine rings is 1. The van der Waals surface area contributed by atoms with E-state index < -0.39 is 0 Å². The first-order valence-electron chi connectivity index (χ1n) is 5.26. The van der Waals surface area contributed by atoms with E-state index in [-0.39, 0.29) is 6.04 Å². The van der Waals surface area contributed by atoms with Gasteiger partial charge in [-0.25, -0.2) is 0 Å². The van der Waals surface area contributed by atoms with Crippen molar-refractivity contribution in [3.8, 4) is 0 Å². The molecule has 0 aliphatic rings. The van der Waals surface area contributed by atoms with Gasteiger partial charge in [0.05, 0.1) is 0 Å². The summed E-state index contributed by atoms with van der Waals surface area (Å²) in [5, 5.41) is 0. The normalized spacial score (nSPS) is 15.2. The number of nitrogens with two attached hydrogens (primary N) is 1. The smallest absolute Gasteiger partial charge is 0.0423 e. The van der Waals surface area contributed by atoms with Crippen molar-refractivity contribution in [2.24, 2.45) is 11.7 Å². The predicted octanol–water partition coefficient (Wildman–Crippen LogP) is 2.74. The summed E-state index contributed by atoms with van der Waals surface area (Å²) < 4.78 is 0. The fraction of sp³-hybridized carbons (Fsp3) is 0.583. The molecule has 0 spiro atoms. The highest BCUT2D eigenvalue weighted by molar-refractivity contribution is 5.25. The summed E-state index contributed by atoms with van der Waals surface area (Å²) in [6, 6.07) is 4.26. The van der Waals surface area contributed by atoms with E-state index in [1.165, 1.54) is 5.56 Å². The van der Waals surface area contributed by atoms with Crippen LogP contribution in [0.5, 0.6) is 0 Å². The molecule has 78 valence electrons. The highest BCUT2D eigenvalue weighted by atomic mass is 14.7. The van der Waals surface area contributed by atoms with Gasteiger partial charge in [-0.3, -0.25) is 4.98 Å². The Hall–Kier alpha value is -0.890. The van der Waals surface area contributed by atoms with Crippen LogP contribution in [0, 0.1) is 19.8 Å². The lowest BCUT2D eigenvalue weighted by atomic mass is 9.92. The lowest BCUT2D eigenvalue weighted by molar-refractivity contribution is 0.454. The molecule has 1 aromatic heterocycles. The topological polar surface area (TPSA) is 38.9 Å². The molecule has 0 amide bonds. The third-order valence-electron chi connectivity index (χ3n) is 2.88. The van der Waals surface area contributed by atoms with Crippen molar-refractivity contribution in [2.75, 3.05) is 0 Å². The Bertz CT molecular complexity index is 307. The Kier molecular flexibility index (Phi) is 3.64. The lowest BCUT2D eigenvalue weighted by Gasteiger charge is -2.20. The summed E-state index contributed by atoms with van der Waals surface area (Å²) >= 11 is 0. The zero-order valence-corrected chi connectivity index (χ0v) is 9.54. The van der Waals surface area contributed by atoms with Gasteiger partial charge in [0.15, 0.2) is 0 Å². The third kappa shape index (κ3) is 2.32. The molecular formula is C12H20N2. The fourth-order valence-electron chi connectivity index (χ4n) is 1.61. The second kappa shape index (κ2) is 4.56. The van der Waals surface area contributed by atoms with Crippen LogP contribution in [0.2, 0.25) is 0 Å². The molecule has 0 fully saturated rings. The average molecular weight is 192 g/mol. The first-order valence-corrected chi connectivity index (χ1v) is 5.26. The number of hydrogen-bond acceptors (Lipinski definition) is 2. The van der Waals surface area contributed by atoms with Crippen molar-refractivity contribution in [3.63, 3.8) is 0 Å². The Labute approximate surface area is 86.5 Å². The summed E-state index contributed by atoms with van der Waals surface area (Å²) in [5.74, 6) is 0.512. The fourth-order valence-corrected chi connectivity index (χ4v) is 1.61. The van der Waals surface area contributed by atoms with Crippen molar-refractivity contribution in [3.05, 3.63) is 29.1 Å². The van der Waals surface area contributed by atoms with Gasteiger partial charge in [-0.15, -0.1) is 0 Å². The Morgan fingerprint density at radius 2 is 2.00 bits per heavy atom. The first kappa shape index (κ1) is 11.2. The molecule has 0 aliphatic heterocycles. The quantitative estimate of drug-likeness (QED) is 0.799. The first-order chi connectivity index (χ1) is 6.56. The highest BCUT2D eigenvalue weighted by Crippen LogP contribution is 2.23. The summed E-state index contributed by atoms with van der Waals surface area (Å²) in [6.07, 6.45) is 1.11. The molecular weight excluding hydrogens is 172 g/mol. The van der Waals surface area contributed by atoms with E-state index in [1.54, 1.807) is 0 Å². The van der Waals surface area contributed by atoms with Gasteiger partial charge in [-0.2, -0.15) is 0 Å². The van der Waals surface area contributed by atoms with Crippen molar-refractivity contribution in [1.82, 2.24) is 4.98 Å². The Balaban J connectivity index is 2.95. The molecule has 2 N–H and O–H groups in total. The molecule has 1 rings (SSSR count). The van der Waals surface area contributed by atoms with Gasteiger partial charge in [0.1, 0.15) is 0 Å². The van der Waals surface area contributed by atoms with Crippen LogP contribution in [-0.2, 0) is 0 Å². The van der Waals surface area contributed by atoms with E-state index in [2.05, 4.69) is 24.9 Å². The summed E-state index contributed by atoms with van der Waals surface area (Å²) in [7, 11) is 0. The standard InChI is InChI=1S/C12H20N2/c1-5-8(2)12(13)11-7-6-9(3)14-10(11)4/h6-8,12H,5,13H2,1-4H3. The van der Waals surface area contributed by atoms with Crippen LogP contribution in [0.3, 0.4) is 0 Å². The molecule has 0 aromatic carbocycles. The number of aromatic nitrogens is 1. The van der Waals surface area contributed by atoms with Crippen LogP contribution < -0.4 is 5.73 Å². The molecule has 0 radical (unpaired) electrons. The molecule has 1 heterocycles. The average Bonchev–Trinajstić information content (AvgIpc) is 2.15. The van der Waals surface area contributed by atoms with Gasteiger partial charge in [0.2, 0.25) is 0 Å². The van der Waals surface area contributed by atoms with E-state index >= 15 is 0 Å². The SMILES string of the molecule is CCC(C)C(N)c1ccc(C)nc1C. The van der Waals surface area contributed by atoms with Crippen molar-refractivity contribution >= 4 is 0 Å². The van der Waals surface area contributed by atoms with Gasteiger partial charge in [0, 0.05) is 17.4 Å². The molecule has 2 heteroatoms. The third-order valence-corrected chi connectivity index (χ3v) is 2.88. The van der Waals surface area contributed by atoms with E-state index in [1.807, 2.05) is 19.9 Å². The van der Waals surface area contributed by atoms with Gasteiger partial charge < -0.3 is 5.73 Å². The van der Waals surface area contributed by atoms with E-state index in [9.17, 15) is 0 Å². The number of rotatable bonds is 3. The van der Waals surface area contributed by atoms with Crippen LogP contribution in [0.1, 0.15) is 43.3 Å². The Morgan fingerprint density at radius 1 is 1.36 bits per heavy atom. The molecule has 2 nitrogen and oxygen atoms in total. The predicted molar refractivity (Wildman–Crippen MR) is 60.1 cm³/mol. The number of nitrogens with zero attached hydrogens (tertiary/aromatic N) is 1. The van der Waals surface area contributed by atoms with Crippen molar-refractivity contribution < 1.29 is 0 Å². The van der Waals surface area contributed by atoms with Crippen LogP contribution in [-0.4, -0.2) is 4.98 Å². The molecule has 2 unspecified atom stereocenters. The maximum atomic E-state index is 6.16. The zero-order valence-electron chi connectivity index (χ0n) is 9.54. The minimum absolute atomic E-state index is 0.119. The largest absolute Gasteiger partial charge is 0.324 e. The van der Waals surface area contributed by atoms with E-state index in [4.69, 9.17) is 5.73 Å². The Morgan fingerprint density at radius 3 is 2.50 bits per heavy atom. The minimum atomic E-state index is 0.119. The van der Waals surface area contributed by atoms with Crippen LogP contribution >= 0.6 is 0 Å². The van der Waals surface area contributed by atoms with Crippen LogP contribution in [0.4, 0.5) is 0 Å². The molecule has 0 saturated heterocycles. The second-order valence-electron chi connectivity index (χ2n) is 4.04. The summed E-state index contributed by atoms with van der Waals surface area (Å²) in [4.78, 5) is 4.43. The zero-order chi connectivity index (χ0) is 10.7. The van der Waals surface area contributed by atoms with E-state index in [0.717, 1.165) is 17.8 Å². The number of hydrogen-bond donors (Lipinski definition) is 1. The van der Waals surface area contributed by atoms with Crippen molar-refractivity contribution in [2.45, 2.75) is 40.2 Å². The van der Waals surface area contributed by atoms with Crippen LogP contribution in [0.25, 0.3) is 0 Å². The molecule has 0 bridgehead atoms. The molecule has 14 heavy (non-hydrogen) atoms. The maximum Gasteiger partial charge on any atom is 0.0423 e. The number of aryl methyl sites for hydroxylation is 2. The molecule has 0 saturated carbocycles. The monoisotopic (exact) mass is 192 g/mol. The van der Waals surface area contributed by atoms with Gasteiger partial charge >= 0.3 is 0 Å². The van der Waals surface area contributed by atoms with E-state index in [0.29, 0.717) is 5.92 Å². The summed E-state index contributed by atoms with van der Waals surface area (Å²) in [5.41, 5.74) is 9.47. The summed E-state index contributed by atoms with van der Waals surface area (Å²) in [6.45, 7) is 8.39. The van der Waals surface area contributed by atoms with Gasteiger partial charge in [-0.05, 0) is 31.4 Å². The molecule has 2 atom stereocenters. The van der Waals surface area contributed by atoms with Crippen LogP contribution in [0.15, 0.2) is 12.1 Å². The van der Waals surface area contributed by atoms with Crippen molar-refractivity contribution in [1.29, 1.82) is 0 Å². The maximum absolute atomic E-state index is 6.16. The highest BCUT2D eigenvalue weighted by Gasteiger charge is 2.15. The molecule has 0 aliphatic carbocycles.